The van der Waals surface area contributed by atoms with E-state index in [1.807, 2.05) is 11.9 Å². The van der Waals surface area contributed by atoms with Crippen LogP contribution in [0.3, 0.4) is 0 Å². The lowest BCUT2D eigenvalue weighted by Crippen LogP contribution is -2.47. The van der Waals surface area contributed by atoms with Gasteiger partial charge in [-0.05, 0) is 26.7 Å². The molecule has 0 fully saturated rings. The zero-order chi connectivity index (χ0) is 16.1. The molecular formula is C18H36N2O. The van der Waals surface area contributed by atoms with Crippen molar-refractivity contribution in [2.45, 2.75) is 79.1 Å². The van der Waals surface area contributed by atoms with E-state index in [1.165, 1.54) is 51.4 Å². The molecule has 0 N–H and O–H groups in total. The van der Waals surface area contributed by atoms with Gasteiger partial charge in [0.2, 0.25) is 0 Å². The summed E-state index contributed by atoms with van der Waals surface area (Å²) in [6.45, 7) is 14.8. The van der Waals surface area contributed by atoms with Gasteiger partial charge in [-0.25, -0.2) is 5.01 Å². The van der Waals surface area contributed by atoms with Gasteiger partial charge in [0.15, 0.2) is 0 Å². The molecule has 0 heterocycles. The molecule has 0 aliphatic heterocycles. The highest BCUT2D eigenvalue weighted by molar-refractivity contribution is 5.91. The summed E-state index contributed by atoms with van der Waals surface area (Å²) in [7, 11) is 0. The SMILES string of the molecule is C=C(C)C(=O)N(CC)N(CCCCCC)CCCCCC. The Morgan fingerprint density at radius 3 is 1.67 bits per heavy atom. The molecule has 0 rings (SSSR count). The number of nitrogens with zero attached hydrogens (tertiary/aromatic N) is 2. The highest BCUT2D eigenvalue weighted by Gasteiger charge is 2.19. The van der Waals surface area contributed by atoms with Gasteiger partial charge in [-0.2, -0.15) is 0 Å². The largest absolute Gasteiger partial charge is 0.272 e. The average molecular weight is 296 g/mol. The fourth-order valence-electron chi connectivity index (χ4n) is 2.49. The van der Waals surface area contributed by atoms with Crippen molar-refractivity contribution in [1.82, 2.24) is 10.0 Å². The number of likely N-dealkylation sites (N-methyl/N-ethyl adjacent to an activating group) is 1. The van der Waals surface area contributed by atoms with Crippen LogP contribution in [0, 0.1) is 0 Å². The molecule has 0 spiro atoms. The summed E-state index contributed by atoms with van der Waals surface area (Å²) in [4.78, 5) is 12.3. The Bertz CT molecular complexity index is 277. The Morgan fingerprint density at radius 1 is 0.857 bits per heavy atom. The standard InChI is InChI=1S/C18H36N2O/c1-6-9-11-13-15-19(16-14-12-10-7-2)20(8-3)18(21)17(4)5/h4,6-16H2,1-3,5H3. The van der Waals surface area contributed by atoms with Crippen LogP contribution in [0.5, 0.6) is 0 Å². The zero-order valence-electron chi connectivity index (χ0n) is 14.8. The number of hydrogen-bond donors (Lipinski definition) is 0. The minimum atomic E-state index is 0.0727. The van der Waals surface area contributed by atoms with E-state index in [0.717, 1.165) is 19.6 Å². The van der Waals surface area contributed by atoms with Crippen LogP contribution in [0.2, 0.25) is 0 Å². The summed E-state index contributed by atoms with van der Waals surface area (Å²) in [5, 5.41) is 4.14. The first-order valence-corrected chi connectivity index (χ1v) is 8.80. The summed E-state index contributed by atoms with van der Waals surface area (Å²) in [6.07, 6.45) is 9.90. The molecule has 3 heteroatoms. The van der Waals surface area contributed by atoms with E-state index in [0.29, 0.717) is 5.57 Å². The highest BCUT2D eigenvalue weighted by Crippen LogP contribution is 2.10. The second kappa shape index (κ2) is 12.9. The third kappa shape index (κ3) is 8.92. The normalized spacial score (nSPS) is 10.9. The monoisotopic (exact) mass is 296 g/mol. The smallest absolute Gasteiger partial charge is 0.263 e. The molecule has 0 bridgehead atoms. The molecule has 0 unspecified atom stereocenters. The maximum Gasteiger partial charge on any atom is 0.263 e. The van der Waals surface area contributed by atoms with Crippen molar-refractivity contribution in [2.75, 3.05) is 19.6 Å². The first kappa shape index (κ1) is 20.2. The number of carbonyl (C=O) groups is 1. The average Bonchev–Trinajstić information content (AvgIpc) is 2.47. The van der Waals surface area contributed by atoms with Gasteiger partial charge in [0.05, 0.1) is 0 Å². The molecule has 1 amide bonds. The third-order valence-electron chi connectivity index (χ3n) is 3.78. The van der Waals surface area contributed by atoms with E-state index in [4.69, 9.17) is 0 Å². The summed E-state index contributed by atoms with van der Waals surface area (Å²) < 4.78 is 0. The van der Waals surface area contributed by atoms with Crippen molar-refractivity contribution >= 4 is 5.91 Å². The Kier molecular flexibility index (Phi) is 12.4. The molecule has 0 aliphatic carbocycles. The van der Waals surface area contributed by atoms with Crippen LogP contribution in [0.15, 0.2) is 12.2 Å². The topological polar surface area (TPSA) is 23.6 Å². The van der Waals surface area contributed by atoms with Crippen molar-refractivity contribution in [3.8, 4) is 0 Å². The van der Waals surface area contributed by atoms with Crippen molar-refractivity contribution in [3.63, 3.8) is 0 Å². The lowest BCUT2D eigenvalue weighted by Gasteiger charge is -2.34. The van der Waals surface area contributed by atoms with Crippen molar-refractivity contribution in [1.29, 1.82) is 0 Å². The van der Waals surface area contributed by atoms with Gasteiger partial charge < -0.3 is 0 Å². The predicted molar refractivity (Wildman–Crippen MR) is 92.1 cm³/mol. The fraction of sp³-hybridized carbons (Fsp3) is 0.833. The van der Waals surface area contributed by atoms with Crippen LogP contribution >= 0.6 is 0 Å². The lowest BCUT2D eigenvalue weighted by atomic mass is 10.2. The molecule has 0 aromatic rings. The number of hydrazine groups is 1. The molecule has 0 radical (unpaired) electrons. The Hall–Kier alpha value is -0.830. The molecule has 124 valence electrons. The molecule has 21 heavy (non-hydrogen) atoms. The van der Waals surface area contributed by atoms with Gasteiger partial charge in [0.1, 0.15) is 0 Å². The minimum Gasteiger partial charge on any atom is -0.272 e. The Morgan fingerprint density at radius 2 is 1.33 bits per heavy atom. The minimum absolute atomic E-state index is 0.0727. The number of amides is 1. The predicted octanol–water partition coefficient (Wildman–Crippen LogP) is 4.79. The van der Waals surface area contributed by atoms with E-state index in [2.05, 4.69) is 25.4 Å². The lowest BCUT2D eigenvalue weighted by molar-refractivity contribution is -0.144. The van der Waals surface area contributed by atoms with Crippen LogP contribution < -0.4 is 0 Å². The van der Waals surface area contributed by atoms with Crippen LogP contribution in [0.4, 0.5) is 0 Å². The number of carbonyl (C=O) groups excluding carboxylic acids is 1. The zero-order valence-corrected chi connectivity index (χ0v) is 14.8. The molecule has 0 aromatic carbocycles. The Balaban J connectivity index is 4.50. The quantitative estimate of drug-likeness (QED) is 0.277. The van der Waals surface area contributed by atoms with Gasteiger partial charge in [-0.1, -0.05) is 59.0 Å². The molecule has 0 aromatic heterocycles. The van der Waals surface area contributed by atoms with Gasteiger partial charge in [-0.15, -0.1) is 0 Å². The number of rotatable bonds is 13. The first-order chi connectivity index (χ1) is 10.1. The third-order valence-corrected chi connectivity index (χ3v) is 3.78. The van der Waals surface area contributed by atoms with Gasteiger partial charge in [0.25, 0.3) is 5.91 Å². The van der Waals surface area contributed by atoms with Gasteiger partial charge >= 0.3 is 0 Å². The van der Waals surface area contributed by atoms with E-state index < -0.39 is 0 Å². The number of hydrogen-bond acceptors (Lipinski definition) is 2. The Labute approximate surface area is 132 Å². The van der Waals surface area contributed by atoms with Crippen LogP contribution in [0.1, 0.15) is 79.1 Å². The maximum atomic E-state index is 12.3. The second-order valence-corrected chi connectivity index (χ2v) is 5.88. The summed E-state index contributed by atoms with van der Waals surface area (Å²) in [5.41, 5.74) is 0.629. The second-order valence-electron chi connectivity index (χ2n) is 5.88. The van der Waals surface area contributed by atoms with Crippen molar-refractivity contribution < 1.29 is 4.79 Å². The van der Waals surface area contributed by atoms with E-state index in [1.54, 1.807) is 6.92 Å². The van der Waals surface area contributed by atoms with E-state index in [-0.39, 0.29) is 5.91 Å². The summed E-state index contributed by atoms with van der Waals surface area (Å²) in [6, 6.07) is 0. The van der Waals surface area contributed by atoms with Gasteiger partial charge in [0, 0.05) is 25.2 Å². The van der Waals surface area contributed by atoms with Crippen molar-refractivity contribution in [2.24, 2.45) is 0 Å². The highest BCUT2D eigenvalue weighted by atomic mass is 16.2. The van der Waals surface area contributed by atoms with Crippen LogP contribution in [-0.2, 0) is 4.79 Å². The van der Waals surface area contributed by atoms with E-state index >= 15 is 0 Å². The molecule has 0 atom stereocenters. The van der Waals surface area contributed by atoms with Crippen LogP contribution in [-0.4, -0.2) is 35.6 Å². The molecular weight excluding hydrogens is 260 g/mol. The molecule has 3 nitrogen and oxygen atoms in total. The number of unbranched alkanes of at least 4 members (excludes halogenated alkanes) is 6. The van der Waals surface area contributed by atoms with E-state index in [9.17, 15) is 4.79 Å². The van der Waals surface area contributed by atoms with Crippen molar-refractivity contribution in [3.05, 3.63) is 12.2 Å². The molecule has 0 saturated carbocycles. The van der Waals surface area contributed by atoms with Crippen LogP contribution in [0.25, 0.3) is 0 Å². The summed E-state index contributed by atoms with van der Waals surface area (Å²) in [5.74, 6) is 0.0727. The summed E-state index contributed by atoms with van der Waals surface area (Å²) >= 11 is 0. The molecule has 0 saturated heterocycles. The van der Waals surface area contributed by atoms with Gasteiger partial charge in [-0.3, -0.25) is 9.80 Å². The fourth-order valence-corrected chi connectivity index (χ4v) is 2.49. The maximum absolute atomic E-state index is 12.3. The first-order valence-electron chi connectivity index (χ1n) is 8.80. The molecule has 0 aliphatic rings.